The summed E-state index contributed by atoms with van der Waals surface area (Å²) in [6, 6.07) is 11.4. The molecule has 2 rings (SSSR count). The molecule has 0 saturated heterocycles. The van der Waals surface area contributed by atoms with Gasteiger partial charge in [-0.1, -0.05) is 25.1 Å². The summed E-state index contributed by atoms with van der Waals surface area (Å²) < 4.78 is 0. The van der Waals surface area contributed by atoms with Crippen molar-refractivity contribution in [2.45, 2.75) is 19.4 Å². The summed E-state index contributed by atoms with van der Waals surface area (Å²) in [5.74, 6) is 0.778. The molecule has 0 bridgehead atoms. The topological polar surface area (TPSA) is 79.5 Å². The number of amides is 1. The van der Waals surface area contributed by atoms with Crippen molar-refractivity contribution in [1.29, 1.82) is 0 Å². The van der Waals surface area contributed by atoms with Crippen LogP contribution in [-0.4, -0.2) is 25.5 Å². The molecule has 0 aliphatic carbocycles. The third kappa shape index (κ3) is 5.10. The van der Waals surface area contributed by atoms with Crippen LogP contribution in [0.15, 0.2) is 46.8 Å². The molecule has 0 radical (unpaired) electrons. The number of aliphatic imine (C=N–C) groups is 1. The molecule has 1 atom stereocenters. The second kappa shape index (κ2) is 8.33. The number of hydrogen-bond donors (Lipinski definition) is 3. The van der Waals surface area contributed by atoms with E-state index in [1.165, 1.54) is 4.88 Å². The van der Waals surface area contributed by atoms with Crippen molar-refractivity contribution < 1.29 is 4.79 Å². The Hall–Kier alpha value is -2.34. The molecule has 1 aromatic heterocycles. The molecule has 0 fully saturated rings. The fourth-order valence-electron chi connectivity index (χ4n) is 2.12. The van der Waals surface area contributed by atoms with Gasteiger partial charge in [-0.2, -0.15) is 0 Å². The van der Waals surface area contributed by atoms with Crippen LogP contribution in [0.4, 0.5) is 0 Å². The number of nitrogens with two attached hydrogens (primary N) is 1. The Morgan fingerprint density at radius 3 is 2.57 bits per heavy atom. The highest BCUT2D eigenvalue weighted by Crippen LogP contribution is 2.19. The van der Waals surface area contributed by atoms with E-state index < -0.39 is 5.91 Å². The highest BCUT2D eigenvalue weighted by molar-refractivity contribution is 7.10. The Kier molecular flexibility index (Phi) is 6.17. The predicted octanol–water partition coefficient (Wildman–Crippen LogP) is 2.32. The molecule has 0 spiro atoms. The zero-order valence-electron chi connectivity index (χ0n) is 13.4. The SMILES string of the molecule is CN=C(NCc1ccc(C(N)=O)cc1)NCC(C)c1cccs1. The standard InChI is InChI=1S/C17H22N4OS/c1-12(15-4-3-9-23-15)10-20-17(19-2)21-11-13-5-7-14(8-6-13)16(18)22/h3-9,12H,10-11H2,1-2H3,(H2,18,22)(H2,19,20,21). The molecule has 0 aliphatic rings. The van der Waals surface area contributed by atoms with Gasteiger partial charge in [0.1, 0.15) is 0 Å². The van der Waals surface area contributed by atoms with Gasteiger partial charge in [0, 0.05) is 36.5 Å². The first-order valence-corrected chi connectivity index (χ1v) is 8.34. The number of primary amides is 1. The van der Waals surface area contributed by atoms with E-state index in [-0.39, 0.29) is 0 Å². The number of hydrogen-bond acceptors (Lipinski definition) is 3. The predicted molar refractivity (Wildman–Crippen MR) is 95.9 cm³/mol. The zero-order valence-corrected chi connectivity index (χ0v) is 14.2. The third-order valence-corrected chi connectivity index (χ3v) is 4.63. The summed E-state index contributed by atoms with van der Waals surface area (Å²) in [5.41, 5.74) is 6.81. The number of benzene rings is 1. The highest BCUT2D eigenvalue weighted by Gasteiger charge is 2.07. The van der Waals surface area contributed by atoms with Crippen molar-refractivity contribution in [3.63, 3.8) is 0 Å². The first-order chi connectivity index (χ1) is 11.1. The number of nitrogens with zero attached hydrogens (tertiary/aromatic N) is 1. The van der Waals surface area contributed by atoms with Crippen molar-refractivity contribution in [1.82, 2.24) is 10.6 Å². The summed E-state index contributed by atoms with van der Waals surface area (Å²) in [5, 5.41) is 8.68. The van der Waals surface area contributed by atoms with Crippen LogP contribution in [0, 0.1) is 0 Å². The van der Waals surface area contributed by atoms with Gasteiger partial charge < -0.3 is 16.4 Å². The molecule has 1 amide bonds. The molecule has 0 aliphatic heterocycles. The lowest BCUT2D eigenvalue weighted by Gasteiger charge is -2.15. The molecule has 2 aromatic rings. The lowest BCUT2D eigenvalue weighted by atomic mass is 10.1. The Labute approximate surface area is 140 Å². The van der Waals surface area contributed by atoms with Crippen molar-refractivity contribution in [2.75, 3.05) is 13.6 Å². The van der Waals surface area contributed by atoms with E-state index in [9.17, 15) is 4.79 Å². The second-order valence-corrected chi connectivity index (χ2v) is 6.26. The van der Waals surface area contributed by atoms with E-state index in [1.54, 1.807) is 30.5 Å². The number of carbonyl (C=O) groups is 1. The van der Waals surface area contributed by atoms with E-state index in [0.717, 1.165) is 18.1 Å². The third-order valence-electron chi connectivity index (χ3n) is 3.53. The lowest BCUT2D eigenvalue weighted by Crippen LogP contribution is -2.38. The quantitative estimate of drug-likeness (QED) is 0.562. The van der Waals surface area contributed by atoms with Gasteiger partial charge in [0.2, 0.25) is 5.91 Å². The van der Waals surface area contributed by atoms with Gasteiger partial charge in [0.25, 0.3) is 0 Å². The van der Waals surface area contributed by atoms with Gasteiger partial charge in [0.05, 0.1) is 0 Å². The average Bonchev–Trinajstić information content (AvgIpc) is 3.09. The minimum atomic E-state index is -0.412. The minimum Gasteiger partial charge on any atom is -0.366 e. The lowest BCUT2D eigenvalue weighted by molar-refractivity contribution is 0.100. The first-order valence-electron chi connectivity index (χ1n) is 7.47. The second-order valence-electron chi connectivity index (χ2n) is 5.28. The van der Waals surface area contributed by atoms with Gasteiger partial charge in [-0.3, -0.25) is 9.79 Å². The maximum atomic E-state index is 11.0. The van der Waals surface area contributed by atoms with Crippen LogP contribution < -0.4 is 16.4 Å². The average molecular weight is 330 g/mol. The molecule has 122 valence electrons. The van der Waals surface area contributed by atoms with E-state index >= 15 is 0 Å². The monoisotopic (exact) mass is 330 g/mol. The van der Waals surface area contributed by atoms with Gasteiger partial charge in [-0.25, -0.2) is 0 Å². The normalized spacial score (nSPS) is 12.7. The summed E-state index contributed by atoms with van der Waals surface area (Å²) in [6.45, 7) is 3.64. The van der Waals surface area contributed by atoms with Crippen molar-refractivity contribution >= 4 is 23.2 Å². The van der Waals surface area contributed by atoms with Crippen molar-refractivity contribution in [3.05, 3.63) is 57.8 Å². The van der Waals surface area contributed by atoms with Gasteiger partial charge in [-0.15, -0.1) is 11.3 Å². The maximum Gasteiger partial charge on any atom is 0.248 e. The Morgan fingerprint density at radius 1 is 1.26 bits per heavy atom. The number of thiophene rings is 1. The molecule has 5 nitrogen and oxygen atoms in total. The Bertz CT molecular complexity index is 650. The highest BCUT2D eigenvalue weighted by atomic mass is 32.1. The minimum absolute atomic E-state index is 0.412. The van der Waals surface area contributed by atoms with Crippen LogP contribution in [0.1, 0.15) is 33.6 Å². The summed E-state index contributed by atoms with van der Waals surface area (Å²) in [6.07, 6.45) is 0. The fraction of sp³-hybridized carbons (Fsp3) is 0.294. The molecule has 23 heavy (non-hydrogen) atoms. The summed E-state index contributed by atoms with van der Waals surface area (Å²) >= 11 is 1.77. The maximum absolute atomic E-state index is 11.0. The molecule has 4 N–H and O–H groups in total. The van der Waals surface area contributed by atoms with Gasteiger partial charge >= 0.3 is 0 Å². The first kappa shape index (κ1) is 17.0. The number of carbonyl (C=O) groups excluding carboxylic acids is 1. The van der Waals surface area contributed by atoms with Crippen LogP contribution in [0.2, 0.25) is 0 Å². The summed E-state index contributed by atoms with van der Waals surface area (Å²) in [4.78, 5) is 16.6. The van der Waals surface area contributed by atoms with Crippen LogP contribution in [0.3, 0.4) is 0 Å². The smallest absolute Gasteiger partial charge is 0.248 e. The number of nitrogens with one attached hydrogen (secondary N) is 2. The van der Waals surface area contributed by atoms with Crippen LogP contribution >= 0.6 is 11.3 Å². The van der Waals surface area contributed by atoms with Crippen LogP contribution in [0.5, 0.6) is 0 Å². The summed E-state index contributed by atoms with van der Waals surface area (Å²) in [7, 11) is 1.75. The number of rotatable bonds is 6. The molecule has 1 aromatic carbocycles. The molecule has 0 saturated carbocycles. The molecular formula is C17H22N4OS. The van der Waals surface area contributed by atoms with Crippen LogP contribution in [-0.2, 0) is 6.54 Å². The van der Waals surface area contributed by atoms with E-state index in [0.29, 0.717) is 18.0 Å². The van der Waals surface area contributed by atoms with E-state index in [1.807, 2.05) is 12.1 Å². The largest absolute Gasteiger partial charge is 0.366 e. The number of guanidine groups is 1. The van der Waals surface area contributed by atoms with Gasteiger partial charge in [-0.05, 0) is 29.1 Å². The zero-order chi connectivity index (χ0) is 16.7. The molecule has 1 unspecified atom stereocenters. The fourth-order valence-corrected chi connectivity index (χ4v) is 2.90. The van der Waals surface area contributed by atoms with Crippen LogP contribution in [0.25, 0.3) is 0 Å². The molecule has 6 heteroatoms. The van der Waals surface area contributed by atoms with Crippen molar-refractivity contribution in [3.8, 4) is 0 Å². The van der Waals surface area contributed by atoms with Crippen molar-refractivity contribution in [2.24, 2.45) is 10.7 Å². The Balaban J connectivity index is 1.82. The van der Waals surface area contributed by atoms with E-state index in [4.69, 9.17) is 5.73 Å². The van der Waals surface area contributed by atoms with Gasteiger partial charge in [0.15, 0.2) is 5.96 Å². The Morgan fingerprint density at radius 2 is 2.00 bits per heavy atom. The molecule has 1 heterocycles. The van der Waals surface area contributed by atoms with E-state index in [2.05, 4.69) is 40.1 Å². The molecular weight excluding hydrogens is 308 g/mol.